The molecule has 2 aromatic carbocycles. The molecule has 0 aliphatic rings. The minimum atomic E-state index is 1.17. The summed E-state index contributed by atoms with van der Waals surface area (Å²) in [6, 6.07) is 17.5. The molecule has 23 heavy (non-hydrogen) atoms. The Balaban J connectivity index is 1.43. The zero-order valence-electron chi connectivity index (χ0n) is 13.7. The summed E-state index contributed by atoms with van der Waals surface area (Å²) in [7, 11) is 0. The molecule has 0 unspecified atom stereocenters. The molecule has 0 spiro atoms. The molecule has 0 atom stereocenters. The van der Waals surface area contributed by atoms with Gasteiger partial charge in [0.2, 0.25) is 0 Å². The fraction of sp³-hybridized carbons (Fsp3) is 0.429. The summed E-state index contributed by atoms with van der Waals surface area (Å²) >= 11 is 6.97. The van der Waals surface area contributed by atoms with Crippen LogP contribution in [-0.4, -0.2) is 0 Å². The van der Waals surface area contributed by atoms with Crippen LogP contribution >= 0.6 is 31.9 Å². The van der Waals surface area contributed by atoms with Gasteiger partial charge in [-0.25, -0.2) is 0 Å². The van der Waals surface area contributed by atoms with E-state index >= 15 is 0 Å². The van der Waals surface area contributed by atoms with E-state index in [1.54, 1.807) is 0 Å². The largest absolute Gasteiger partial charge is 0.0579 e. The molecular formula is C21H26Br2. The molecule has 0 saturated heterocycles. The van der Waals surface area contributed by atoms with Gasteiger partial charge in [0.15, 0.2) is 0 Å². The van der Waals surface area contributed by atoms with Crippen molar-refractivity contribution in [2.45, 2.75) is 57.8 Å². The number of benzene rings is 2. The number of hydrogen-bond acceptors (Lipinski definition) is 0. The maximum absolute atomic E-state index is 3.48. The van der Waals surface area contributed by atoms with E-state index in [9.17, 15) is 0 Å². The highest BCUT2D eigenvalue weighted by molar-refractivity contribution is 9.10. The topological polar surface area (TPSA) is 0 Å². The molecule has 0 aliphatic carbocycles. The molecule has 0 nitrogen and oxygen atoms in total. The second-order valence-electron chi connectivity index (χ2n) is 6.23. The van der Waals surface area contributed by atoms with Crippen LogP contribution in [0.25, 0.3) is 0 Å². The first-order valence-corrected chi connectivity index (χ1v) is 10.3. The first-order chi connectivity index (χ1) is 11.2. The molecule has 0 N–H and O–H groups in total. The van der Waals surface area contributed by atoms with Gasteiger partial charge < -0.3 is 0 Å². The van der Waals surface area contributed by atoms with Crippen LogP contribution in [0.2, 0.25) is 0 Å². The maximum Gasteiger partial charge on any atom is 0.0175 e. The first-order valence-electron chi connectivity index (χ1n) is 8.73. The van der Waals surface area contributed by atoms with E-state index < -0.39 is 0 Å². The van der Waals surface area contributed by atoms with E-state index in [0.29, 0.717) is 0 Å². The number of rotatable bonds is 10. The lowest BCUT2D eigenvalue weighted by atomic mass is 10.0. The lowest BCUT2D eigenvalue weighted by molar-refractivity contribution is 0.579. The van der Waals surface area contributed by atoms with E-state index in [1.807, 2.05) is 0 Å². The van der Waals surface area contributed by atoms with Crippen molar-refractivity contribution in [1.82, 2.24) is 0 Å². The zero-order chi connectivity index (χ0) is 16.3. The molecular weight excluding hydrogens is 412 g/mol. The molecule has 2 rings (SSSR count). The molecule has 0 fully saturated rings. The van der Waals surface area contributed by atoms with Gasteiger partial charge in [-0.1, -0.05) is 88.2 Å². The van der Waals surface area contributed by atoms with Crippen molar-refractivity contribution in [2.24, 2.45) is 0 Å². The summed E-state index contributed by atoms with van der Waals surface area (Å²) in [6.07, 6.45) is 12.0. The van der Waals surface area contributed by atoms with E-state index in [0.717, 1.165) is 0 Å². The highest BCUT2D eigenvalue weighted by Gasteiger charge is 1.96. The molecule has 0 aliphatic heterocycles. The van der Waals surface area contributed by atoms with Crippen molar-refractivity contribution in [3.8, 4) is 0 Å². The van der Waals surface area contributed by atoms with E-state index in [4.69, 9.17) is 0 Å². The van der Waals surface area contributed by atoms with Gasteiger partial charge in [0.1, 0.15) is 0 Å². The summed E-state index contributed by atoms with van der Waals surface area (Å²) in [6.45, 7) is 0. The van der Waals surface area contributed by atoms with Crippen molar-refractivity contribution in [3.63, 3.8) is 0 Å². The number of hydrogen-bond donors (Lipinski definition) is 0. The van der Waals surface area contributed by atoms with Gasteiger partial charge in [-0.2, -0.15) is 0 Å². The maximum atomic E-state index is 3.48. The van der Waals surface area contributed by atoms with Crippen LogP contribution in [0, 0.1) is 0 Å². The van der Waals surface area contributed by atoms with Crippen molar-refractivity contribution >= 4 is 31.9 Å². The quantitative estimate of drug-likeness (QED) is 0.333. The van der Waals surface area contributed by atoms with E-state index in [1.165, 1.54) is 77.9 Å². The molecule has 0 radical (unpaired) electrons. The first kappa shape index (κ1) is 18.7. The minimum Gasteiger partial charge on any atom is -0.0579 e. The molecule has 2 aromatic rings. The van der Waals surface area contributed by atoms with Crippen LogP contribution in [0.4, 0.5) is 0 Å². The zero-order valence-corrected chi connectivity index (χ0v) is 16.9. The lowest BCUT2D eigenvalue weighted by Crippen LogP contribution is -1.88. The van der Waals surface area contributed by atoms with Crippen molar-refractivity contribution in [2.75, 3.05) is 0 Å². The Labute approximate surface area is 158 Å². The molecule has 124 valence electrons. The summed E-state index contributed by atoms with van der Waals surface area (Å²) in [5, 5.41) is 0. The second-order valence-corrected chi connectivity index (χ2v) is 8.06. The average Bonchev–Trinajstić information content (AvgIpc) is 2.56. The predicted molar refractivity (Wildman–Crippen MR) is 108 cm³/mol. The summed E-state index contributed by atoms with van der Waals surface area (Å²) in [5.74, 6) is 0. The molecule has 0 aromatic heterocycles. The van der Waals surface area contributed by atoms with Gasteiger partial charge in [0.25, 0.3) is 0 Å². The minimum absolute atomic E-state index is 1.17. The van der Waals surface area contributed by atoms with Crippen LogP contribution < -0.4 is 0 Å². The fourth-order valence-electron chi connectivity index (χ4n) is 2.84. The van der Waals surface area contributed by atoms with Gasteiger partial charge in [-0.05, 0) is 61.1 Å². The van der Waals surface area contributed by atoms with E-state index in [2.05, 4.69) is 80.4 Å². The highest BCUT2D eigenvalue weighted by atomic mass is 79.9. The van der Waals surface area contributed by atoms with Gasteiger partial charge in [-0.15, -0.1) is 0 Å². The molecule has 0 saturated carbocycles. The van der Waals surface area contributed by atoms with Crippen LogP contribution in [0.15, 0.2) is 57.5 Å². The molecule has 2 heteroatoms. The Hall–Kier alpha value is -0.600. The standard InChI is InChI=1S/C21H26Br2/c22-20-14-10-18(11-15-20)8-6-4-2-1-3-5-7-9-19-12-16-21(23)17-13-19/h10-17H,1-9H2. The van der Waals surface area contributed by atoms with Gasteiger partial charge in [0.05, 0.1) is 0 Å². The molecule has 0 bridgehead atoms. The Morgan fingerprint density at radius 3 is 1.09 bits per heavy atom. The summed E-state index contributed by atoms with van der Waals surface area (Å²) < 4.78 is 2.34. The monoisotopic (exact) mass is 436 g/mol. The van der Waals surface area contributed by atoms with E-state index in [-0.39, 0.29) is 0 Å². The Morgan fingerprint density at radius 1 is 0.435 bits per heavy atom. The third-order valence-corrected chi connectivity index (χ3v) is 5.31. The van der Waals surface area contributed by atoms with Gasteiger partial charge >= 0.3 is 0 Å². The Morgan fingerprint density at radius 2 is 0.739 bits per heavy atom. The van der Waals surface area contributed by atoms with Crippen molar-refractivity contribution in [1.29, 1.82) is 0 Å². The van der Waals surface area contributed by atoms with Gasteiger partial charge in [-0.3, -0.25) is 0 Å². The average molecular weight is 438 g/mol. The van der Waals surface area contributed by atoms with Crippen LogP contribution in [0.1, 0.15) is 56.1 Å². The second kappa shape index (κ2) is 11.0. The van der Waals surface area contributed by atoms with Gasteiger partial charge in [0, 0.05) is 8.95 Å². The van der Waals surface area contributed by atoms with Crippen LogP contribution in [-0.2, 0) is 12.8 Å². The number of unbranched alkanes of at least 4 members (excludes halogenated alkanes) is 6. The normalized spacial score (nSPS) is 10.9. The lowest BCUT2D eigenvalue weighted by Gasteiger charge is -2.04. The van der Waals surface area contributed by atoms with Crippen molar-refractivity contribution < 1.29 is 0 Å². The van der Waals surface area contributed by atoms with Crippen molar-refractivity contribution in [3.05, 3.63) is 68.6 Å². The van der Waals surface area contributed by atoms with Crippen LogP contribution in [0.5, 0.6) is 0 Å². The molecule has 0 amide bonds. The van der Waals surface area contributed by atoms with Crippen LogP contribution in [0.3, 0.4) is 0 Å². The fourth-order valence-corrected chi connectivity index (χ4v) is 3.37. The molecule has 0 heterocycles. The summed E-state index contributed by atoms with van der Waals surface area (Å²) in [4.78, 5) is 0. The highest BCUT2D eigenvalue weighted by Crippen LogP contribution is 2.16. The summed E-state index contributed by atoms with van der Waals surface area (Å²) in [5.41, 5.74) is 2.92. The SMILES string of the molecule is Brc1ccc(CCCCCCCCCc2ccc(Br)cc2)cc1. The Bertz CT molecular complexity index is 492. The Kier molecular flexibility index (Phi) is 8.99. The third-order valence-electron chi connectivity index (χ3n) is 4.26. The number of halogens is 2. The number of aryl methyl sites for hydroxylation is 2. The smallest absolute Gasteiger partial charge is 0.0175 e. The third kappa shape index (κ3) is 8.17. The predicted octanol–water partition coefficient (Wildman–Crippen LogP) is 7.73.